The zero-order valence-electron chi connectivity index (χ0n) is 14.4. The second-order valence-corrected chi connectivity index (χ2v) is 6.28. The van der Waals surface area contributed by atoms with Gasteiger partial charge in [0.15, 0.2) is 0 Å². The van der Waals surface area contributed by atoms with E-state index in [1.54, 1.807) is 24.3 Å². The van der Waals surface area contributed by atoms with E-state index < -0.39 is 0 Å². The molecular weight excluding hydrogens is 338 g/mol. The minimum atomic E-state index is -0.321. The number of hydrogen-bond acceptors (Lipinski definition) is 3. The molecule has 0 radical (unpaired) electrons. The van der Waals surface area contributed by atoms with E-state index in [1.165, 1.54) is 12.4 Å². The molecule has 2 N–H and O–H groups in total. The van der Waals surface area contributed by atoms with Gasteiger partial charge in [0.05, 0.1) is 11.1 Å². The van der Waals surface area contributed by atoms with E-state index >= 15 is 0 Å². The highest BCUT2D eigenvalue weighted by atomic mass is 35.5. The van der Waals surface area contributed by atoms with Crippen LogP contribution in [0.15, 0.2) is 36.7 Å². The SMILES string of the molecule is CCCCCNC(=O)c1cncc(C(=O)Nc2ccc(Cl)cc2C)c1. The van der Waals surface area contributed by atoms with Gasteiger partial charge < -0.3 is 10.6 Å². The molecule has 2 rings (SSSR count). The highest BCUT2D eigenvalue weighted by Crippen LogP contribution is 2.20. The molecule has 0 aliphatic rings. The quantitative estimate of drug-likeness (QED) is 0.727. The van der Waals surface area contributed by atoms with Crippen molar-refractivity contribution in [2.24, 2.45) is 0 Å². The molecule has 0 spiro atoms. The highest BCUT2D eigenvalue weighted by molar-refractivity contribution is 6.30. The number of aryl methyl sites for hydroxylation is 1. The largest absolute Gasteiger partial charge is 0.352 e. The predicted octanol–water partition coefficient (Wildman–Crippen LogP) is 4.22. The smallest absolute Gasteiger partial charge is 0.257 e. The maximum atomic E-state index is 12.4. The number of pyridine rings is 1. The summed E-state index contributed by atoms with van der Waals surface area (Å²) < 4.78 is 0. The van der Waals surface area contributed by atoms with E-state index in [9.17, 15) is 9.59 Å². The number of nitrogens with zero attached hydrogens (tertiary/aromatic N) is 1. The fourth-order valence-electron chi connectivity index (χ4n) is 2.33. The number of carbonyl (C=O) groups excluding carboxylic acids is 2. The van der Waals surface area contributed by atoms with Crippen LogP contribution in [0.1, 0.15) is 52.5 Å². The van der Waals surface area contributed by atoms with Crippen LogP contribution in [0.3, 0.4) is 0 Å². The number of carbonyl (C=O) groups is 2. The number of benzene rings is 1. The van der Waals surface area contributed by atoms with Gasteiger partial charge in [-0.2, -0.15) is 0 Å². The van der Waals surface area contributed by atoms with Gasteiger partial charge in [0.2, 0.25) is 0 Å². The summed E-state index contributed by atoms with van der Waals surface area (Å²) in [6, 6.07) is 6.77. The Morgan fingerprint density at radius 3 is 2.48 bits per heavy atom. The lowest BCUT2D eigenvalue weighted by Gasteiger charge is -2.09. The van der Waals surface area contributed by atoms with Crippen molar-refractivity contribution in [2.45, 2.75) is 33.1 Å². The van der Waals surface area contributed by atoms with Crippen LogP contribution in [0.5, 0.6) is 0 Å². The first-order valence-electron chi connectivity index (χ1n) is 8.32. The first kappa shape index (κ1) is 18.9. The minimum absolute atomic E-state index is 0.221. The van der Waals surface area contributed by atoms with Gasteiger partial charge in [0.25, 0.3) is 11.8 Å². The van der Waals surface area contributed by atoms with Crippen LogP contribution in [-0.4, -0.2) is 23.3 Å². The number of aromatic nitrogens is 1. The molecule has 1 aromatic heterocycles. The van der Waals surface area contributed by atoms with Crippen molar-refractivity contribution >= 4 is 29.1 Å². The van der Waals surface area contributed by atoms with E-state index in [1.807, 2.05) is 6.92 Å². The summed E-state index contributed by atoms with van der Waals surface area (Å²) in [4.78, 5) is 28.6. The van der Waals surface area contributed by atoms with Crippen molar-refractivity contribution in [3.63, 3.8) is 0 Å². The standard InChI is InChI=1S/C19H22ClN3O2/c1-3-4-5-8-22-18(24)14-10-15(12-21-11-14)19(25)23-17-7-6-16(20)9-13(17)2/h6-7,9-12H,3-5,8H2,1-2H3,(H,22,24)(H,23,25). The van der Waals surface area contributed by atoms with Crippen molar-refractivity contribution in [2.75, 3.05) is 11.9 Å². The van der Waals surface area contributed by atoms with Gasteiger partial charge in [-0.1, -0.05) is 31.4 Å². The number of hydrogen-bond donors (Lipinski definition) is 2. The van der Waals surface area contributed by atoms with Gasteiger partial charge >= 0.3 is 0 Å². The number of anilines is 1. The van der Waals surface area contributed by atoms with Crippen molar-refractivity contribution < 1.29 is 9.59 Å². The Balaban J connectivity index is 2.04. The number of rotatable bonds is 7. The highest BCUT2D eigenvalue weighted by Gasteiger charge is 2.12. The fourth-order valence-corrected chi connectivity index (χ4v) is 2.56. The lowest BCUT2D eigenvalue weighted by Crippen LogP contribution is -2.25. The third-order valence-corrected chi connectivity index (χ3v) is 4.00. The van der Waals surface area contributed by atoms with E-state index in [2.05, 4.69) is 22.5 Å². The molecule has 1 heterocycles. The van der Waals surface area contributed by atoms with E-state index in [-0.39, 0.29) is 11.8 Å². The molecule has 0 bridgehead atoms. The van der Waals surface area contributed by atoms with Crippen LogP contribution in [0, 0.1) is 6.92 Å². The third-order valence-electron chi connectivity index (χ3n) is 3.77. The second kappa shape index (κ2) is 9.18. The maximum Gasteiger partial charge on any atom is 0.257 e. The fraction of sp³-hybridized carbons (Fsp3) is 0.316. The molecule has 5 nitrogen and oxygen atoms in total. The Morgan fingerprint density at radius 1 is 1.08 bits per heavy atom. The van der Waals surface area contributed by atoms with Crippen molar-refractivity contribution in [3.8, 4) is 0 Å². The van der Waals surface area contributed by atoms with E-state index in [4.69, 9.17) is 11.6 Å². The first-order chi connectivity index (χ1) is 12.0. The van der Waals surface area contributed by atoms with Crippen molar-refractivity contribution in [3.05, 3.63) is 58.4 Å². The van der Waals surface area contributed by atoms with Crippen molar-refractivity contribution in [1.29, 1.82) is 0 Å². The molecule has 132 valence electrons. The Labute approximate surface area is 152 Å². The minimum Gasteiger partial charge on any atom is -0.352 e. The summed E-state index contributed by atoms with van der Waals surface area (Å²) in [6.07, 6.45) is 6.00. The van der Waals surface area contributed by atoms with Crippen LogP contribution in [0.4, 0.5) is 5.69 Å². The monoisotopic (exact) mass is 359 g/mol. The topological polar surface area (TPSA) is 71.1 Å². The number of amides is 2. The van der Waals surface area contributed by atoms with Crippen LogP contribution < -0.4 is 10.6 Å². The molecule has 0 atom stereocenters. The summed E-state index contributed by atoms with van der Waals surface area (Å²) in [5.74, 6) is -0.542. The Bertz CT molecular complexity index is 762. The van der Waals surface area contributed by atoms with Crippen LogP contribution in [0.2, 0.25) is 5.02 Å². The average molecular weight is 360 g/mol. The molecular formula is C19H22ClN3O2. The van der Waals surface area contributed by atoms with Gasteiger partial charge in [-0.15, -0.1) is 0 Å². The molecule has 6 heteroatoms. The molecule has 1 aromatic carbocycles. The van der Waals surface area contributed by atoms with E-state index in [0.717, 1.165) is 24.8 Å². The normalized spacial score (nSPS) is 10.4. The molecule has 0 aliphatic carbocycles. The second-order valence-electron chi connectivity index (χ2n) is 5.84. The van der Waals surface area contributed by atoms with Crippen LogP contribution in [0.25, 0.3) is 0 Å². The molecule has 2 amide bonds. The number of halogens is 1. The van der Waals surface area contributed by atoms with E-state index in [0.29, 0.717) is 28.4 Å². The molecule has 0 saturated carbocycles. The first-order valence-corrected chi connectivity index (χ1v) is 8.69. The zero-order valence-corrected chi connectivity index (χ0v) is 15.2. The summed E-state index contributed by atoms with van der Waals surface area (Å²) >= 11 is 5.92. The molecule has 25 heavy (non-hydrogen) atoms. The van der Waals surface area contributed by atoms with Gasteiger partial charge in [-0.3, -0.25) is 14.6 Å². The van der Waals surface area contributed by atoms with Gasteiger partial charge in [0, 0.05) is 29.6 Å². The Morgan fingerprint density at radius 2 is 1.80 bits per heavy atom. The van der Waals surface area contributed by atoms with Gasteiger partial charge in [0.1, 0.15) is 0 Å². The molecule has 2 aromatic rings. The van der Waals surface area contributed by atoms with Gasteiger partial charge in [-0.05, 0) is 43.2 Å². The molecule has 0 fully saturated rings. The average Bonchev–Trinajstić information content (AvgIpc) is 2.61. The lowest BCUT2D eigenvalue weighted by molar-refractivity contribution is 0.0952. The van der Waals surface area contributed by atoms with Crippen LogP contribution in [-0.2, 0) is 0 Å². The van der Waals surface area contributed by atoms with Crippen molar-refractivity contribution in [1.82, 2.24) is 10.3 Å². The number of nitrogens with one attached hydrogen (secondary N) is 2. The Kier molecular flexibility index (Phi) is 6.95. The lowest BCUT2D eigenvalue weighted by atomic mass is 10.1. The summed E-state index contributed by atoms with van der Waals surface area (Å²) in [5.41, 5.74) is 2.23. The summed E-state index contributed by atoms with van der Waals surface area (Å²) in [5, 5.41) is 6.26. The number of unbranched alkanes of at least 4 members (excludes halogenated alkanes) is 2. The van der Waals surface area contributed by atoms with Crippen LogP contribution >= 0.6 is 11.6 Å². The molecule has 0 saturated heterocycles. The Hall–Kier alpha value is -2.40. The zero-order chi connectivity index (χ0) is 18.2. The summed E-state index contributed by atoms with van der Waals surface area (Å²) in [7, 11) is 0. The summed E-state index contributed by atoms with van der Waals surface area (Å²) in [6.45, 7) is 4.59. The van der Waals surface area contributed by atoms with Gasteiger partial charge in [-0.25, -0.2) is 0 Å². The predicted molar refractivity (Wildman–Crippen MR) is 100 cm³/mol. The third kappa shape index (κ3) is 5.57. The maximum absolute atomic E-state index is 12.4. The molecule has 0 aliphatic heterocycles. The molecule has 0 unspecified atom stereocenters.